The normalized spacial score (nSPS) is 31.1. The van der Waals surface area contributed by atoms with Crippen LogP contribution in [0, 0.1) is 11.8 Å². The van der Waals surface area contributed by atoms with Gasteiger partial charge in [0.2, 0.25) is 0 Å². The maximum Gasteiger partial charge on any atom is -0.0412 e. The average molecular weight is 154 g/mol. The fourth-order valence-corrected chi connectivity index (χ4v) is 2.52. The lowest BCUT2D eigenvalue weighted by atomic mass is 9.98. The first kappa shape index (κ1) is 9.09. The first-order valence-electron chi connectivity index (χ1n) is 5.36. The van der Waals surface area contributed by atoms with Gasteiger partial charge in [0.15, 0.2) is 0 Å². The van der Waals surface area contributed by atoms with Crippen LogP contribution in [0.1, 0.15) is 58.8 Å². The first-order chi connectivity index (χ1) is 5.36. The van der Waals surface area contributed by atoms with E-state index in [-0.39, 0.29) is 0 Å². The number of rotatable bonds is 4. The minimum Gasteiger partial charge on any atom is -0.0654 e. The molecule has 1 aliphatic carbocycles. The molecule has 0 spiro atoms. The SMILES string of the molecule is CCCC1CCC(CCC)C1. The summed E-state index contributed by atoms with van der Waals surface area (Å²) < 4.78 is 0. The van der Waals surface area contributed by atoms with Gasteiger partial charge in [-0.25, -0.2) is 0 Å². The fourth-order valence-electron chi connectivity index (χ4n) is 2.52. The third kappa shape index (κ3) is 2.84. The molecule has 1 aliphatic rings. The first-order valence-corrected chi connectivity index (χ1v) is 5.36. The molecule has 0 amide bonds. The molecule has 0 bridgehead atoms. The quantitative estimate of drug-likeness (QED) is 0.574. The molecule has 0 aliphatic heterocycles. The zero-order valence-electron chi connectivity index (χ0n) is 8.10. The summed E-state index contributed by atoms with van der Waals surface area (Å²) >= 11 is 0. The van der Waals surface area contributed by atoms with Crippen molar-refractivity contribution in [2.45, 2.75) is 58.8 Å². The lowest BCUT2D eigenvalue weighted by Gasteiger charge is -2.08. The summed E-state index contributed by atoms with van der Waals surface area (Å²) in [5, 5.41) is 0. The molecule has 0 N–H and O–H groups in total. The predicted molar refractivity (Wildman–Crippen MR) is 50.6 cm³/mol. The molecular formula is C11H22. The van der Waals surface area contributed by atoms with Crippen molar-refractivity contribution in [2.75, 3.05) is 0 Å². The van der Waals surface area contributed by atoms with Gasteiger partial charge in [-0.3, -0.25) is 0 Å². The van der Waals surface area contributed by atoms with Crippen LogP contribution in [0.5, 0.6) is 0 Å². The van der Waals surface area contributed by atoms with E-state index in [4.69, 9.17) is 0 Å². The van der Waals surface area contributed by atoms with E-state index in [2.05, 4.69) is 13.8 Å². The molecule has 0 heterocycles. The molecule has 1 rings (SSSR count). The molecular weight excluding hydrogens is 132 g/mol. The van der Waals surface area contributed by atoms with E-state index in [9.17, 15) is 0 Å². The molecule has 0 saturated heterocycles. The van der Waals surface area contributed by atoms with Crippen LogP contribution < -0.4 is 0 Å². The maximum atomic E-state index is 2.31. The van der Waals surface area contributed by atoms with Crippen molar-refractivity contribution in [3.8, 4) is 0 Å². The van der Waals surface area contributed by atoms with Crippen LogP contribution >= 0.6 is 0 Å². The number of hydrogen-bond acceptors (Lipinski definition) is 0. The van der Waals surface area contributed by atoms with E-state index in [1.165, 1.54) is 38.5 Å². The molecule has 0 aromatic heterocycles. The van der Waals surface area contributed by atoms with Crippen molar-refractivity contribution >= 4 is 0 Å². The van der Waals surface area contributed by atoms with Crippen molar-refractivity contribution < 1.29 is 0 Å². The monoisotopic (exact) mass is 154 g/mol. The highest BCUT2D eigenvalue weighted by atomic mass is 14.3. The Hall–Kier alpha value is 0. The molecule has 0 heteroatoms. The van der Waals surface area contributed by atoms with Crippen LogP contribution in [0.4, 0.5) is 0 Å². The van der Waals surface area contributed by atoms with E-state index in [1.807, 2.05) is 0 Å². The molecule has 0 nitrogen and oxygen atoms in total. The van der Waals surface area contributed by atoms with Crippen molar-refractivity contribution in [1.82, 2.24) is 0 Å². The standard InChI is InChI=1S/C11H22/c1-3-5-10-7-8-11(9-10)6-4-2/h10-11H,3-9H2,1-2H3. The molecule has 0 radical (unpaired) electrons. The van der Waals surface area contributed by atoms with Gasteiger partial charge in [-0.2, -0.15) is 0 Å². The number of hydrogen-bond donors (Lipinski definition) is 0. The summed E-state index contributed by atoms with van der Waals surface area (Å²) in [6.45, 7) is 4.63. The third-order valence-corrected chi connectivity index (χ3v) is 3.04. The second-order valence-electron chi connectivity index (χ2n) is 4.12. The highest BCUT2D eigenvalue weighted by molar-refractivity contribution is 4.74. The Labute approximate surface area is 71.4 Å². The van der Waals surface area contributed by atoms with Crippen LogP contribution in [-0.4, -0.2) is 0 Å². The van der Waals surface area contributed by atoms with Crippen LogP contribution in [0.3, 0.4) is 0 Å². The topological polar surface area (TPSA) is 0 Å². The Morgan fingerprint density at radius 2 is 1.36 bits per heavy atom. The molecule has 1 saturated carbocycles. The Balaban J connectivity index is 2.12. The van der Waals surface area contributed by atoms with Gasteiger partial charge >= 0.3 is 0 Å². The van der Waals surface area contributed by atoms with Crippen LogP contribution in [0.15, 0.2) is 0 Å². The highest BCUT2D eigenvalue weighted by Gasteiger charge is 2.22. The van der Waals surface area contributed by atoms with E-state index in [0.29, 0.717) is 0 Å². The van der Waals surface area contributed by atoms with Crippen LogP contribution in [0.25, 0.3) is 0 Å². The summed E-state index contributed by atoms with van der Waals surface area (Å²) in [7, 11) is 0. The van der Waals surface area contributed by atoms with Gasteiger partial charge < -0.3 is 0 Å². The predicted octanol–water partition coefficient (Wildman–Crippen LogP) is 4.00. The lowest BCUT2D eigenvalue weighted by molar-refractivity contribution is 0.440. The third-order valence-electron chi connectivity index (χ3n) is 3.04. The highest BCUT2D eigenvalue weighted by Crippen LogP contribution is 2.35. The van der Waals surface area contributed by atoms with Gasteiger partial charge in [0.05, 0.1) is 0 Å². The second kappa shape index (κ2) is 4.79. The van der Waals surface area contributed by atoms with Gasteiger partial charge in [-0.15, -0.1) is 0 Å². The minimum absolute atomic E-state index is 1.09. The van der Waals surface area contributed by atoms with Crippen molar-refractivity contribution in [3.63, 3.8) is 0 Å². The summed E-state index contributed by atoms with van der Waals surface area (Å²) in [6.07, 6.45) is 10.4. The van der Waals surface area contributed by atoms with E-state index >= 15 is 0 Å². The Morgan fingerprint density at radius 1 is 0.909 bits per heavy atom. The zero-order valence-corrected chi connectivity index (χ0v) is 8.10. The summed E-state index contributed by atoms with van der Waals surface area (Å²) in [5.74, 6) is 2.19. The van der Waals surface area contributed by atoms with Crippen molar-refractivity contribution in [1.29, 1.82) is 0 Å². The van der Waals surface area contributed by atoms with E-state index in [0.717, 1.165) is 11.8 Å². The molecule has 2 unspecified atom stereocenters. The molecule has 66 valence electrons. The smallest absolute Gasteiger partial charge is 0.0412 e. The Kier molecular flexibility index (Phi) is 3.96. The Bertz CT molecular complexity index is 84.2. The van der Waals surface area contributed by atoms with Crippen molar-refractivity contribution in [3.05, 3.63) is 0 Å². The van der Waals surface area contributed by atoms with Crippen LogP contribution in [-0.2, 0) is 0 Å². The fraction of sp³-hybridized carbons (Fsp3) is 1.00. The van der Waals surface area contributed by atoms with Crippen LogP contribution in [0.2, 0.25) is 0 Å². The zero-order chi connectivity index (χ0) is 8.10. The Morgan fingerprint density at radius 3 is 1.73 bits per heavy atom. The van der Waals surface area contributed by atoms with Gasteiger partial charge in [-0.1, -0.05) is 52.4 Å². The summed E-state index contributed by atoms with van der Waals surface area (Å²) in [5.41, 5.74) is 0. The molecule has 1 fully saturated rings. The van der Waals surface area contributed by atoms with E-state index in [1.54, 1.807) is 6.42 Å². The average Bonchev–Trinajstić information content (AvgIpc) is 2.38. The lowest BCUT2D eigenvalue weighted by Crippen LogP contribution is -1.95. The minimum atomic E-state index is 1.09. The molecule has 2 atom stereocenters. The molecule has 11 heavy (non-hydrogen) atoms. The second-order valence-corrected chi connectivity index (χ2v) is 4.12. The van der Waals surface area contributed by atoms with Crippen molar-refractivity contribution in [2.24, 2.45) is 11.8 Å². The summed E-state index contributed by atoms with van der Waals surface area (Å²) in [6, 6.07) is 0. The maximum absolute atomic E-state index is 2.31. The molecule has 0 aromatic carbocycles. The van der Waals surface area contributed by atoms with Gasteiger partial charge in [0.1, 0.15) is 0 Å². The van der Waals surface area contributed by atoms with Gasteiger partial charge in [0, 0.05) is 0 Å². The largest absolute Gasteiger partial charge is 0.0654 e. The van der Waals surface area contributed by atoms with Gasteiger partial charge in [-0.05, 0) is 18.3 Å². The van der Waals surface area contributed by atoms with Gasteiger partial charge in [0.25, 0.3) is 0 Å². The summed E-state index contributed by atoms with van der Waals surface area (Å²) in [4.78, 5) is 0. The van der Waals surface area contributed by atoms with E-state index < -0.39 is 0 Å². The molecule has 0 aromatic rings.